The average molecular weight is 467 g/mol. The molecule has 0 aliphatic carbocycles. The minimum Gasteiger partial charge on any atom is -0.454 e. The number of hydrogen-bond acceptors (Lipinski definition) is 5. The summed E-state index contributed by atoms with van der Waals surface area (Å²) in [5.74, 6) is -1.06. The van der Waals surface area contributed by atoms with Gasteiger partial charge in [-0.2, -0.15) is 0 Å². The molecule has 0 saturated carbocycles. The van der Waals surface area contributed by atoms with E-state index in [-0.39, 0.29) is 22.3 Å². The van der Waals surface area contributed by atoms with Crippen LogP contribution < -0.4 is 4.31 Å². The van der Waals surface area contributed by atoms with E-state index < -0.39 is 22.6 Å². The van der Waals surface area contributed by atoms with E-state index in [4.69, 9.17) is 4.74 Å². The average Bonchev–Trinajstić information content (AvgIpc) is 3.28. The number of carbonyl (C=O) groups excluding carboxylic acids is 2. The highest BCUT2D eigenvalue weighted by Gasteiger charge is 2.36. The quantitative estimate of drug-likeness (QED) is 0.407. The summed E-state index contributed by atoms with van der Waals surface area (Å²) in [5, 5.41) is 0. The molecule has 0 radical (unpaired) electrons. The van der Waals surface area contributed by atoms with Crippen molar-refractivity contribution in [2.75, 3.05) is 10.9 Å². The third-order valence-corrected chi connectivity index (χ3v) is 8.11. The van der Waals surface area contributed by atoms with Crippen molar-refractivity contribution in [3.8, 4) is 0 Å². The van der Waals surface area contributed by atoms with Gasteiger partial charge in [-0.15, -0.1) is 0 Å². The molecule has 8 heteroatoms. The summed E-state index contributed by atoms with van der Waals surface area (Å²) in [5.41, 5.74) is 3.91. The van der Waals surface area contributed by atoms with Gasteiger partial charge in [0.1, 0.15) is 0 Å². The van der Waals surface area contributed by atoms with Crippen LogP contribution in [0.1, 0.15) is 44.6 Å². The van der Waals surface area contributed by atoms with E-state index in [1.165, 1.54) is 28.6 Å². The Balaban J connectivity index is 1.53. The van der Waals surface area contributed by atoms with Gasteiger partial charge in [-0.1, -0.05) is 24.3 Å². The lowest BCUT2D eigenvalue weighted by Crippen LogP contribution is -2.35. The van der Waals surface area contributed by atoms with E-state index >= 15 is 0 Å². The van der Waals surface area contributed by atoms with Crippen LogP contribution in [0.25, 0.3) is 0 Å². The summed E-state index contributed by atoms with van der Waals surface area (Å²) in [6.45, 7) is 5.15. The number of hydrogen-bond donors (Lipinski definition) is 0. The molecule has 1 aliphatic heterocycles. The molecule has 7 nitrogen and oxygen atoms in total. The molecule has 33 heavy (non-hydrogen) atoms. The van der Waals surface area contributed by atoms with Crippen molar-refractivity contribution in [1.29, 1.82) is 0 Å². The molecule has 0 bridgehead atoms. The highest BCUT2D eigenvalue weighted by Crippen LogP contribution is 2.36. The third kappa shape index (κ3) is 4.06. The second-order valence-corrected chi connectivity index (χ2v) is 10.2. The Hall–Kier alpha value is -3.39. The number of rotatable bonds is 6. The predicted molar refractivity (Wildman–Crippen MR) is 125 cm³/mol. The summed E-state index contributed by atoms with van der Waals surface area (Å²) in [7, 11) is -2.02. The summed E-state index contributed by atoms with van der Waals surface area (Å²) in [4.78, 5) is 25.1. The first-order valence-corrected chi connectivity index (χ1v) is 12.1. The van der Waals surface area contributed by atoms with Crippen LogP contribution in [0.15, 0.2) is 59.5 Å². The van der Waals surface area contributed by atoms with Crippen LogP contribution in [0.4, 0.5) is 5.69 Å². The van der Waals surface area contributed by atoms with E-state index in [2.05, 4.69) is 0 Å². The van der Waals surface area contributed by atoms with Crippen molar-refractivity contribution >= 4 is 27.5 Å². The molecule has 172 valence electrons. The van der Waals surface area contributed by atoms with Gasteiger partial charge in [0.15, 0.2) is 6.61 Å². The van der Waals surface area contributed by atoms with Crippen LogP contribution >= 0.6 is 0 Å². The van der Waals surface area contributed by atoms with Gasteiger partial charge >= 0.3 is 5.97 Å². The van der Waals surface area contributed by atoms with Crippen molar-refractivity contribution in [3.63, 3.8) is 0 Å². The van der Waals surface area contributed by atoms with Crippen LogP contribution in [-0.4, -0.2) is 37.4 Å². The molecule has 1 aromatic heterocycles. The fourth-order valence-electron chi connectivity index (χ4n) is 4.23. The second-order valence-electron chi connectivity index (χ2n) is 8.35. The van der Waals surface area contributed by atoms with Gasteiger partial charge in [-0.3, -0.25) is 9.10 Å². The molecular weight excluding hydrogens is 440 g/mol. The Kier molecular flexibility index (Phi) is 5.88. The maximum absolute atomic E-state index is 13.4. The highest BCUT2D eigenvalue weighted by atomic mass is 32.2. The standard InChI is InChI=1S/C25H26N2O5S/c1-16-13-22(18(3)26(16)4)24(28)15-32-25(29)20-9-7-10-21(14-20)33(30,31)27-17(2)12-19-8-5-6-11-23(19)27/h5-11,13-14,17H,12,15H2,1-4H3/t17-/m0/s1. The van der Waals surface area contributed by atoms with Crippen LogP contribution in [0.5, 0.6) is 0 Å². The Morgan fingerprint density at radius 2 is 1.79 bits per heavy atom. The Bertz CT molecular complexity index is 1360. The fraction of sp³-hybridized carbons (Fsp3) is 0.280. The van der Waals surface area contributed by atoms with Gasteiger partial charge in [0.25, 0.3) is 10.0 Å². The number of nitrogens with zero attached hydrogens (tertiary/aromatic N) is 2. The van der Waals surface area contributed by atoms with Gasteiger partial charge < -0.3 is 9.30 Å². The molecule has 2 aromatic carbocycles. The lowest BCUT2D eigenvalue weighted by atomic mass is 10.1. The zero-order chi connectivity index (χ0) is 23.9. The molecule has 0 spiro atoms. The minimum absolute atomic E-state index is 0.00126. The summed E-state index contributed by atoms with van der Waals surface area (Å²) in [6.07, 6.45) is 0.623. The zero-order valence-electron chi connectivity index (χ0n) is 19.0. The van der Waals surface area contributed by atoms with E-state index in [1.54, 1.807) is 18.2 Å². The number of ether oxygens (including phenoxy) is 1. The summed E-state index contributed by atoms with van der Waals surface area (Å²) < 4.78 is 35.3. The first-order valence-electron chi connectivity index (χ1n) is 10.7. The van der Waals surface area contributed by atoms with Gasteiger partial charge in [-0.05, 0) is 63.1 Å². The van der Waals surface area contributed by atoms with Crippen LogP contribution in [-0.2, 0) is 28.2 Å². The number of aryl methyl sites for hydroxylation is 1. The number of carbonyl (C=O) groups is 2. The first-order chi connectivity index (χ1) is 15.6. The van der Waals surface area contributed by atoms with Crippen LogP contribution in [0.3, 0.4) is 0 Å². The smallest absolute Gasteiger partial charge is 0.338 e. The summed E-state index contributed by atoms with van der Waals surface area (Å²) in [6, 6.07) is 14.7. The van der Waals surface area contributed by atoms with Crippen molar-refractivity contribution in [1.82, 2.24) is 4.57 Å². The van der Waals surface area contributed by atoms with Crippen molar-refractivity contribution in [2.24, 2.45) is 7.05 Å². The lowest BCUT2D eigenvalue weighted by Gasteiger charge is -2.24. The Morgan fingerprint density at radius 1 is 1.06 bits per heavy atom. The Morgan fingerprint density at radius 3 is 2.48 bits per heavy atom. The molecule has 0 N–H and O–H groups in total. The van der Waals surface area contributed by atoms with Gasteiger partial charge in [0, 0.05) is 30.0 Å². The molecule has 1 aliphatic rings. The number of ketones is 1. The molecule has 3 aromatic rings. The minimum atomic E-state index is -3.88. The number of anilines is 1. The van der Waals surface area contributed by atoms with E-state index in [1.807, 2.05) is 44.5 Å². The van der Waals surface area contributed by atoms with Crippen molar-refractivity contribution in [3.05, 3.63) is 82.7 Å². The van der Waals surface area contributed by atoms with E-state index in [9.17, 15) is 18.0 Å². The number of aromatic nitrogens is 1. The number of esters is 1. The van der Waals surface area contributed by atoms with Gasteiger partial charge in [-0.25, -0.2) is 13.2 Å². The maximum atomic E-state index is 13.4. The molecule has 0 fully saturated rings. The van der Waals surface area contributed by atoms with Gasteiger partial charge in [0.2, 0.25) is 5.78 Å². The van der Waals surface area contributed by atoms with Crippen LogP contribution in [0.2, 0.25) is 0 Å². The Labute approximate surface area is 193 Å². The number of Topliss-reactive ketones (excluding diaryl/α,β-unsaturated/α-hetero) is 1. The second kappa shape index (κ2) is 8.51. The normalized spacial score (nSPS) is 15.4. The largest absolute Gasteiger partial charge is 0.454 e. The van der Waals surface area contributed by atoms with Crippen molar-refractivity contribution in [2.45, 2.75) is 38.1 Å². The molecule has 0 saturated heterocycles. The molecule has 0 amide bonds. The number of benzene rings is 2. The topological polar surface area (TPSA) is 85.7 Å². The summed E-state index contributed by atoms with van der Waals surface area (Å²) >= 11 is 0. The van der Waals surface area contributed by atoms with E-state index in [0.29, 0.717) is 17.7 Å². The maximum Gasteiger partial charge on any atom is 0.338 e. The highest BCUT2D eigenvalue weighted by molar-refractivity contribution is 7.92. The van der Waals surface area contributed by atoms with Gasteiger partial charge in [0.05, 0.1) is 16.1 Å². The van der Waals surface area contributed by atoms with Crippen LogP contribution in [0, 0.1) is 13.8 Å². The first kappa shape index (κ1) is 22.8. The molecular formula is C25H26N2O5S. The number of sulfonamides is 1. The predicted octanol–water partition coefficient (Wildman–Crippen LogP) is 3.82. The third-order valence-electron chi connectivity index (χ3n) is 6.18. The SMILES string of the molecule is Cc1cc(C(=O)COC(=O)c2cccc(S(=O)(=O)N3c4ccccc4C[C@@H]3C)c2)c(C)n1C. The lowest BCUT2D eigenvalue weighted by molar-refractivity contribution is 0.0474. The molecule has 4 rings (SSSR count). The fourth-order valence-corrected chi connectivity index (χ4v) is 5.97. The number of para-hydroxylation sites is 1. The molecule has 1 atom stereocenters. The van der Waals surface area contributed by atoms with Crippen molar-refractivity contribution < 1.29 is 22.7 Å². The van der Waals surface area contributed by atoms with E-state index in [0.717, 1.165) is 17.0 Å². The monoisotopic (exact) mass is 466 g/mol. The number of fused-ring (bicyclic) bond motifs is 1. The zero-order valence-corrected chi connectivity index (χ0v) is 19.8. The molecule has 2 heterocycles. The molecule has 0 unspecified atom stereocenters.